The Kier molecular flexibility index (Phi) is 6.27. The highest BCUT2D eigenvalue weighted by Gasteiger charge is 2.25. The third-order valence-electron chi connectivity index (χ3n) is 7.46. The van der Waals surface area contributed by atoms with E-state index < -0.39 is 0 Å². The number of aromatic nitrogens is 4. The number of ether oxygens (including phenoxy) is 1. The largest absolute Gasteiger partial charge is 0.378 e. The van der Waals surface area contributed by atoms with Gasteiger partial charge in [0.1, 0.15) is 17.4 Å². The van der Waals surface area contributed by atoms with E-state index in [2.05, 4.69) is 71.1 Å². The molecule has 0 N–H and O–H groups in total. The van der Waals surface area contributed by atoms with Crippen LogP contribution >= 0.6 is 0 Å². The Morgan fingerprint density at radius 2 is 1.67 bits per heavy atom. The zero-order valence-corrected chi connectivity index (χ0v) is 21.1. The van der Waals surface area contributed by atoms with Crippen LogP contribution in [0.3, 0.4) is 0 Å². The lowest BCUT2D eigenvalue weighted by Crippen LogP contribution is -2.38. The first-order valence-electron chi connectivity index (χ1n) is 13.0. The molecule has 2 aliphatic heterocycles. The van der Waals surface area contributed by atoms with Crippen LogP contribution in [0.2, 0.25) is 0 Å². The molecule has 6 rings (SSSR count). The molecule has 0 spiro atoms. The van der Waals surface area contributed by atoms with E-state index in [9.17, 15) is 0 Å². The van der Waals surface area contributed by atoms with E-state index in [1.54, 1.807) is 6.33 Å². The maximum atomic E-state index is 5.62. The molecule has 4 heterocycles. The van der Waals surface area contributed by atoms with Crippen LogP contribution in [0.4, 0.5) is 17.6 Å². The predicted octanol–water partition coefficient (Wildman–Crippen LogP) is 4.28. The summed E-state index contributed by atoms with van der Waals surface area (Å²) in [6.07, 6.45) is 3.97. The summed E-state index contributed by atoms with van der Waals surface area (Å²) in [6.45, 7) is 7.99. The quantitative estimate of drug-likeness (QED) is 0.417. The van der Waals surface area contributed by atoms with Crippen LogP contribution in [-0.2, 0) is 11.3 Å². The van der Waals surface area contributed by atoms with E-state index in [1.807, 2.05) is 0 Å². The Morgan fingerprint density at radius 3 is 2.50 bits per heavy atom. The van der Waals surface area contributed by atoms with E-state index in [0.717, 1.165) is 80.1 Å². The summed E-state index contributed by atoms with van der Waals surface area (Å²) in [6, 6.07) is 15.0. The average molecular weight is 484 g/mol. The molecule has 0 amide bonds. The zero-order valence-electron chi connectivity index (χ0n) is 21.1. The van der Waals surface area contributed by atoms with E-state index in [-0.39, 0.29) is 0 Å². The molecule has 36 heavy (non-hydrogen) atoms. The summed E-state index contributed by atoms with van der Waals surface area (Å²) in [5.74, 6) is 3.24. The fourth-order valence-corrected chi connectivity index (χ4v) is 5.29. The van der Waals surface area contributed by atoms with Crippen molar-refractivity contribution in [2.24, 2.45) is 5.92 Å². The molecule has 0 atom stereocenters. The van der Waals surface area contributed by atoms with Gasteiger partial charge < -0.3 is 19.4 Å². The Morgan fingerprint density at radius 1 is 0.889 bits per heavy atom. The van der Waals surface area contributed by atoms with Gasteiger partial charge in [-0.05, 0) is 35.1 Å². The molecule has 0 bridgehead atoms. The minimum Gasteiger partial charge on any atom is -0.378 e. The van der Waals surface area contributed by atoms with Gasteiger partial charge in [-0.25, -0.2) is 15.0 Å². The van der Waals surface area contributed by atoms with Crippen LogP contribution in [-0.4, -0.2) is 66.4 Å². The van der Waals surface area contributed by atoms with Gasteiger partial charge in [-0.2, -0.15) is 4.98 Å². The van der Waals surface area contributed by atoms with Crippen LogP contribution in [0.5, 0.6) is 0 Å². The highest BCUT2D eigenvalue weighted by atomic mass is 16.5. The van der Waals surface area contributed by atoms with Crippen LogP contribution in [0.1, 0.15) is 25.3 Å². The van der Waals surface area contributed by atoms with Crippen molar-refractivity contribution in [3.8, 4) is 0 Å². The van der Waals surface area contributed by atoms with Gasteiger partial charge in [0, 0.05) is 39.8 Å². The molecule has 0 aliphatic carbocycles. The number of hydrogen-bond donors (Lipinski definition) is 0. The number of benzene rings is 2. The summed E-state index contributed by atoms with van der Waals surface area (Å²) in [4.78, 5) is 26.4. The number of hydrogen-bond acceptors (Lipinski definition) is 8. The molecule has 8 heteroatoms. The highest BCUT2D eigenvalue weighted by molar-refractivity contribution is 5.94. The lowest BCUT2D eigenvalue weighted by molar-refractivity contribution is 0.122. The summed E-state index contributed by atoms with van der Waals surface area (Å²) in [5.41, 5.74) is 2.88. The SMILES string of the molecule is CC1CCN(c2nc(N3CCOCC3)c3ncnc(N(C)Cc4cccc5ccccc45)c3n2)CC1. The number of morpholine rings is 1. The minimum absolute atomic E-state index is 0.695. The monoisotopic (exact) mass is 483 g/mol. The fourth-order valence-electron chi connectivity index (χ4n) is 5.29. The molecule has 4 aromatic rings. The molecule has 0 unspecified atom stereocenters. The maximum absolute atomic E-state index is 5.62. The first kappa shape index (κ1) is 22.9. The van der Waals surface area contributed by atoms with Gasteiger partial charge in [0.2, 0.25) is 5.95 Å². The smallest absolute Gasteiger partial charge is 0.228 e. The van der Waals surface area contributed by atoms with Crippen molar-refractivity contribution < 1.29 is 4.74 Å². The second kappa shape index (κ2) is 9.85. The van der Waals surface area contributed by atoms with Gasteiger partial charge in [0.05, 0.1) is 13.2 Å². The van der Waals surface area contributed by atoms with Crippen molar-refractivity contribution in [2.45, 2.75) is 26.3 Å². The van der Waals surface area contributed by atoms with Crippen LogP contribution < -0.4 is 14.7 Å². The lowest BCUT2D eigenvalue weighted by atomic mass is 10.00. The molecule has 0 saturated carbocycles. The van der Waals surface area contributed by atoms with E-state index in [4.69, 9.17) is 24.7 Å². The van der Waals surface area contributed by atoms with Crippen LogP contribution in [0.15, 0.2) is 48.8 Å². The van der Waals surface area contributed by atoms with Crippen molar-refractivity contribution in [2.75, 3.05) is 61.1 Å². The molecule has 2 saturated heterocycles. The number of rotatable bonds is 5. The highest BCUT2D eigenvalue weighted by Crippen LogP contribution is 2.32. The van der Waals surface area contributed by atoms with Gasteiger partial charge >= 0.3 is 0 Å². The van der Waals surface area contributed by atoms with Crippen molar-refractivity contribution in [1.29, 1.82) is 0 Å². The number of anilines is 3. The van der Waals surface area contributed by atoms with E-state index >= 15 is 0 Å². The minimum atomic E-state index is 0.695. The van der Waals surface area contributed by atoms with Crippen molar-refractivity contribution >= 4 is 39.4 Å². The summed E-state index contributed by atoms with van der Waals surface area (Å²) >= 11 is 0. The molecular formula is C28H33N7O. The molecule has 2 aromatic carbocycles. The third kappa shape index (κ3) is 4.41. The van der Waals surface area contributed by atoms with Crippen LogP contribution in [0, 0.1) is 5.92 Å². The summed E-state index contributed by atoms with van der Waals surface area (Å²) < 4.78 is 5.62. The van der Waals surface area contributed by atoms with Gasteiger partial charge in [-0.15, -0.1) is 0 Å². The van der Waals surface area contributed by atoms with Gasteiger partial charge in [-0.3, -0.25) is 0 Å². The maximum Gasteiger partial charge on any atom is 0.228 e. The summed E-state index contributed by atoms with van der Waals surface area (Å²) in [7, 11) is 2.09. The van der Waals surface area contributed by atoms with E-state index in [0.29, 0.717) is 13.2 Å². The Hall–Kier alpha value is -3.52. The topological polar surface area (TPSA) is 70.5 Å². The van der Waals surface area contributed by atoms with Crippen LogP contribution in [0.25, 0.3) is 21.8 Å². The average Bonchev–Trinajstić information content (AvgIpc) is 2.93. The molecule has 2 aliphatic rings. The normalized spacial score (nSPS) is 17.2. The number of nitrogens with zero attached hydrogens (tertiary/aromatic N) is 7. The first-order valence-corrected chi connectivity index (χ1v) is 13.0. The van der Waals surface area contributed by atoms with Crippen molar-refractivity contribution in [1.82, 2.24) is 19.9 Å². The Balaban J connectivity index is 1.43. The fraction of sp³-hybridized carbons (Fsp3) is 0.429. The molecular weight excluding hydrogens is 450 g/mol. The molecule has 2 aromatic heterocycles. The van der Waals surface area contributed by atoms with Gasteiger partial charge in [-0.1, -0.05) is 49.4 Å². The first-order chi connectivity index (χ1) is 17.7. The van der Waals surface area contributed by atoms with E-state index in [1.165, 1.54) is 16.3 Å². The Labute approximate surface area is 211 Å². The number of piperidine rings is 1. The number of fused-ring (bicyclic) bond motifs is 2. The van der Waals surface area contributed by atoms with Gasteiger partial charge in [0.15, 0.2) is 11.6 Å². The molecule has 8 nitrogen and oxygen atoms in total. The lowest BCUT2D eigenvalue weighted by Gasteiger charge is -2.33. The van der Waals surface area contributed by atoms with Crippen molar-refractivity contribution in [3.05, 3.63) is 54.4 Å². The standard InChI is InChI=1S/C28H33N7O/c1-20-10-12-35(13-11-20)28-31-25-24(27(32-28)34-14-16-36-17-15-34)29-19-30-26(25)33(2)18-22-8-5-7-21-6-3-4-9-23(21)22/h3-9,19-20H,10-18H2,1-2H3. The third-order valence-corrected chi connectivity index (χ3v) is 7.46. The second-order valence-electron chi connectivity index (χ2n) is 10.0. The molecule has 186 valence electrons. The second-order valence-corrected chi connectivity index (χ2v) is 10.0. The molecule has 0 radical (unpaired) electrons. The molecule has 2 fully saturated rings. The predicted molar refractivity (Wildman–Crippen MR) is 145 cm³/mol. The zero-order chi connectivity index (χ0) is 24.5. The Bertz CT molecular complexity index is 1360. The summed E-state index contributed by atoms with van der Waals surface area (Å²) in [5, 5.41) is 2.51. The van der Waals surface area contributed by atoms with Crippen molar-refractivity contribution in [3.63, 3.8) is 0 Å². The van der Waals surface area contributed by atoms with Gasteiger partial charge in [0.25, 0.3) is 0 Å².